The molecule has 5 aliphatic carbocycles. The van der Waals surface area contributed by atoms with Crippen LogP contribution < -0.4 is 0 Å². The van der Waals surface area contributed by atoms with E-state index in [-0.39, 0.29) is 63.0 Å². The van der Waals surface area contributed by atoms with Crippen LogP contribution in [0.4, 0.5) is 4.39 Å². The van der Waals surface area contributed by atoms with Crippen molar-refractivity contribution in [3.8, 4) is 11.5 Å². The smallest absolute Gasteiger partial charge is 0.309 e. The molecule has 5 aliphatic rings. The Morgan fingerprint density at radius 2 is 1.72 bits per heavy atom. The molecule has 0 amide bonds. The van der Waals surface area contributed by atoms with Gasteiger partial charge in [0.2, 0.25) is 11.8 Å². The van der Waals surface area contributed by atoms with Crippen LogP contribution in [-0.2, 0) is 25.5 Å². The Morgan fingerprint density at radius 3 is 2.40 bits per heavy atom. The molecule has 288 valence electrons. The topological polar surface area (TPSA) is 120 Å². The largest absolute Gasteiger partial charge is 0.481 e. The maximum atomic E-state index is 14.1. The molecule has 0 saturated heterocycles. The maximum absolute atomic E-state index is 14.1. The number of aliphatic carboxylic acids is 1. The van der Waals surface area contributed by atoms with Crippen molar-refractivity contribution >= 4 is 17.7 Å². The van der Waals surface area contributed by atoms with Crippen LogP contribution in [0.3, 0.4) is 0 Å². The van der Waals surface area contributed by atoms with Gasteiger partial charge in [0.1, 0.15) is 11.9 Å². The third kappa shape index (κ3) is 5.75. The fourth-order valence-corrected chi connectivity index (χ4v) is 13.1. The van der Waals surface area contributed by atoms with Gasteiger partial charge < -0.3 is 14.3 Å². The van der Waals surface area contributed by atoms with Crippen molar-refractivity contribution in [3.05, 3.63) is 47.1 Å². The Balaban J connectivity index is 1.18. The highest BCUT2D eigenvalue weighted by Gasteiger charge is 2.70. The van der Waals surface area contributed by atoms with Gasteiger partial charge in [0, 0.05) is 29.2 Å². The number of esters is 1. The van der Waals surface area contributed by atoms with Gasteiger partial charge in [-0.25, -0.2) is 4.39 Å². The molecule has 1 aromatic carbocycles. The summed E-state index contributed by atoms with van der Waals surface area (Å²) in [6.07, 6.45) is 8.45. The lowest BCUT2D eigenvalue weighted by Crippen LogP contribution is -2.65. The van der Waals surface area contributed by atoms with Gasteiger partial charge in [-0.3, -0.25) is 14.4 Å². The molecule has 0 radical (unpaired) electrons. The number of ether oxygens (including phenoxy) is 1. The number of Topliss-reactive ketones (excluding diaryl/α,β-unsaturated/α-hetero) is 1. The Morgan fingerprint density at radius 1 is 0.981 bits per heavy atom. The summed E-state index contributed by atoms with van der Waals surface area (Å²) >= 11 is 0. The fourth-order valence-electron chi connectivity index (χ4n) is 13.1. The van der Waals surface area contributed by atoms with E-state index in [9.17, 15) is 23.9 Å². The zero-order valence-corrected chi connectivity index (χ0v) is 33.2. The first kappa shape index (κ1) is 37.9. The first-order valence-electron chi connectivity index (χ1n) is 20.0. The van der Waals surface area contributed by atoms with Gasteiger partial charge in [-0.15, -0.1) is 10.2 Å². The Hall–Kier alpha value is -3.36. The monoisotopic (exact) mass is 730 g/mol. The van der Waals surface area contributed by atoms with Crippen molar-refractivity contribution < 1.29 is 33.0 Å². The second kappa shape index (κ2) is 12.6. The van der Waals surface area contributed by atoms with Crippen LogP contribution in [0.15, 0.2) is 39.8 Å². The summed E-state index contributed by atoms with van der Waals surface area (Å²) in [6, 6.07) is 6.20. The van der Waals surface area contributed by atoms with Gasteiger partial charge in [0.25, 0.3) is 0 Å². The van der Waals surface area contributed by atoms with Gasteiger partial charge in [0.15, 0.2) is 5.78 Å². The first-order valence-corrected chi connectivity index (χ1v) is 20.0. The molecule has 9 heteroatoms. The Kier molecular flexibility index (Phi) is 9.01. The summed E-state index contributed by atoms with van der Waals surface area (Å²) in [5.74, 6) is 0.506. The number of rotatable bonds is 8. The molecule has 2 aromatic rings. The van der Waals surface area contributed by atoms with E-state index in [2.05, 4.69) is 58.7 Å². The van der Waals surface area contributed by atoms with Crippen LogP contribution in [0.5, 0.6) is 0 Å². The molecule has 8 nitrogen and oxygen atoms in total. The van der Waals surface area contributed by atoms with E-state index < -0.39 is 17.4 Å². The summed E-state index contributed by atoms with van der Waals surface area (Å²) in [5, 5.41) is 18.4. The standard InChI is InChI=1S/C44H59FN2O6/c1-25(2)35-29(48)22-44(23-33-46-47-37(53-33)26-11-10-12-27(45)21-26)20-19-42(8)28(36(35)44)13-14-31-41(7)17-16-32(52-34(49)24-39(3,4)38(50)51)40(5,6)30(41)15-18-43(31,42)9/h10-12,21,25,28,30-32H,13-20,22-24H2,1-9H3,(H,50,51)/t28-,30?,31-,32+,41+,42-,43-,44+/m1/s1. The van der Waals surface area contributed by atoms with E-state index in [1.807, 2.05) is 0 Å². The molecule has 1 heterocycles. The molecule has 53 heavy (non-hydrogen) atoms. The summed E-state index contributed by atoms with van der Waals surface area (Å²) in [5.41, 5.74) is 1.22. The Bertz CT molecular complexity index is 1860. The highest BCUT2D eigenvalue weighted by molar-refractivity contribution is 6.00. The minimum Gasteiger partial charge on any atom is -0.481 e. The van der Waals surface area contributed by atoms with E-state index in [4.69, 9.17) is 9.15 Å². The third-order valence-electron chi connectivity index (χ3n) is 16.0. The van der Waals surface area contributed by atoms with E-state index >= 15 is 0 Å². The van der Waals surface area contributed by atoms with Crippen molar-refractivity contribution in [2.75, 3.05) is 0 Å². The predicted molar refractivity (Wildman–Crippen MR) is 199 cm³/mol. The molecule has 4 fully saturated rings. The zero-order chi connectivity index (χ0) is 38.5. The molecule has 7 rings (SSSR count). The van der Waals surface area contributed by atoms with Crippen molar-refractivity contribution in [1.29, 1.82) is 0 Å². The second-order valence-electron chi connectivity index (χ2n) is 19.9. The van der Waals surface area contributed by atoms with Crippen molar-refractivity contribution in [1.82, 2.24) is 10.2 Å². The summed E-state index contributed by atoms with van der Waals surface area (Å²) in [4.78, 5) is 38.9. The fraction of sp³-hybridized carbons (Fsp3) is 0.705. The van der Waals surface area contributed by atoms with Gasteiger partial charge in [-0.2, -0.15) is 0 Å². The lowest BCUT2D eigenvalue weighted by Gasteiger charge is -2.72. The molecule has 4 saturated carbocycles. The number of carboxylic acid groups (broad SMARTS) is 1. The first-order chi connectivity index (χ1) is 24.7. The minimum atomic E-state index is -1.17. The van der Waals surface area contributed by atoms with E-state index in [0.717, 1.165) is 56.9 Å². The number of ketones is 1. The number of aromatic nitrogens is 2. The Labute approximate surface area is 314 Å². The van der Waals surface area contributed by atoms with Crippen molar-refractivity contribution in [2.45, 2.75) is 139 Å². The highest BCUT2D eigenvalue weighted by atomic mass is 19.1. The molecule has 1 N–H and O–H groups in total. The van der Waals surface area contributed by atoms with E-state index in [0.29, 0.717) is 42.0 Å². The normalized spacial score (nSPS) is 36.4. The van der Waals surface area contributed by atoms with E-state index in [1.54, 1.807) is 26.0 Å². The number of fused-ring (bicyclic) bond motifs is 7. The second-order valence-corrected chi connectivity index (χ2v) is 19.9. The van der Waals surface area contributed by atoms with Gasteiger partial charge in [-0.05, 0) is 129 Å². The summed E-state index contributed by atoms with van der Waals surface area (Å²) < 4.78 is 26.4. The average Bonchev–Trinajstić information content (AvgIpc) is 3.64. The van der Waals surface area contributed by atoms with E-state index in [1.165, 1.54) is 17.7 Å². The molecule has 8 atom stereocenters. The van der Waals surface area contributed by atoms with Crippen molar-refractivity contribution in [3.63, 3.8) is 0 Å². The summed E-state index contributed by atoms with van der Waals surface area (Å²) in [6.45, 7) is 19.6. The number of hydrogen-bond acceptors (Lipinski definition) is 7. The van der Waals surface area contributed by atoms with Gasteiger partial charge in [-0.1, -0.05) is 60.1 Å². The maximum Gasteiger partial charge on any atom is 0.309 e. The lowest BCUT2D eigenvalue weighted by atomic mass is 9.33. The highest BCUT2D eigenvalue weighted by Crippen LogP contribution is 2.77. The SMILES string of the molecule is CC(C)C1=C2[C@H]3CC[C@@H]4[C@@]5(C)CC[C@H](OC(=O)CC(C)(C)C(=O)O)C(C)(C)C5CC[C@@]4(C)[C@]3(C)CC[C@@]2(Cc2nnc(-c3cccc(F)c3)o2)CC1=O. The summed E-state index contributed by atoms with van der Waals surface area (Å²) in [7, 11) is 0. The molecule has 0 spiro atoms. The molecular weight excluding hydrogens is 671 g/mol. The third-order valence-corrected chi connectivity index (χ3v) is 16.0. The van der Waals surface area contributed by atoms with Crippen LogP contribution in [0.2, 0.25) is 0 Å². The van der Waals surface area contributed by atoms with Gasteiger partial charge in [0.05, 0.1) is 11.8 Å². The molecular formula is C44H59FN2O6. The number of hydrogen-bond donors (Lipinski definition) is 1. The van der Waals surface area contributed by atoms with Crippen LogP contribution >= 0.6 is 0 Å². The van der Waals surface area contributed by atoms with Crippen LogP contribution in [-0.4, -0.2) is 39.1 Å². The molecule has 1 aromatic heterocycles. The number of carbonyl (C=O) groups is 3. The van der Waals surface area contributed by atoms with Crippen LogP contribution in [0, 0.1) is 62.0 Å². The van der Waals surface area contributed by atoms with Gasteiger partial charge >= 0.3 is 11.9 Å². The minimum absolute atomic E-state index is 0.00900. The molecule has 1 unspecified atom stereocenters. The number of carbonyl (C=O) groups excluding carboxylic acids is 2. The van der Waals surface area contributed by atoms with Crippen molar-refractivity contribution in [2.24, 2.45) is 56.2 Å². The average molecular weight is 731 g/mol. The van der Waals surface area contributed by atoms with Crippen LogP contribution in [0.25, 0.3) is 11.5 Å². The number of halogens is 1. The number of nitrogens with zero attached hydrogens (tertiary/aromatic N) is 2. The number of carboxylic acids is 1. The molecule has 0 aliphatic heterocycles. The van der Waals surface area contributed by atoms with Crippen LogP contribution in [0.1, 0.15) is 132 Å². The number of benzene rings is 1. The molecule has 0 bridgehead atoms. The zero-order valence-electron chi connectivity index (χ0n) is 33.2. The predicted octanol–water partition coefficient (Wildman–Crippen LogP) is 9.81. The lowest BCUT2D eigenvalue weighted by molar-refractivity contribution is -0.233. The number of allylic oxidation sites excluding steroid dienone is 2. The quantitative estimate of drug-likeness (QED) is 0.267.